The van der Waals surface area contributed by atoms with Gasteiger partial charge in [0, 0.05) is 12.1 Å². The van der Waals surface area contributed by atoms with E-state index in [4.69, 9.17) is 46.4 Å². The zero-order valence-electron chi connectivity index (χ0n) is 17.1. The van der Waals surface area contributed by atoms with E-state index in [1.807, 2.05) is 32.6 Å². The molecule has 0 bridgehead atoms. The number of carboxylic acid groups (broad SMARTS) is 1. The lowest BCUT2D eigenvalue weighted by Crippen LogP contribution is -2.45. The second-order valence-corrected chi connectivity index (χ2v) is 9.23. The molecule has 1 heterocycles. The average molecular weight is 503 g/mol. The molecule has 3 rings (SSSR count). The molecule has 31 heavy (non-hydrogen) atoms. The number of likely N-dealkylation sites (N-methyl/N-ethyl adjacent to an activating group) is 1. The summed E-state index contributed by atoms with van der Waals surface area (Å²) >= 11 is 24.6. The maximum absolute atomic E-state index is 13.8. The van der Waals surface area contributed by atoms with Crippen LogP contribution < -0.4 is 4.90 Å². The zero-order valence-corrected chi connectivity index (χ0v) is 20.1. The topological polar surface area (TPSA) is 77.8 Å². The van der Waals surface area contributed by atoms with Crippen LogP contribution in [0.5, 0.6) is 5.75 Å². The number of hydrogen-bond acceptors (Lipinski definition) is 4. The van der Waals surface area contributed by atoms with Crippen molar-refractivity contribution in [1.29, 1.82) is 0 Å². The third-order valence-electron chi connectivity index (χ3n) is 5.37. The van der Waals surface area contributed by atoms with E-state index < -0.39 is 33.4 Å². The Morgan fingerprint density at radius 1 is 0.968 bits per heavy atom. The van der Waals surface area contributed by atoms with E-state index in [1.54, 1.807) is 6.07 Å². The van der Waals surface area contributed by atoms with E-state index in [-0.39, 0.29) is 26.4 Å². The van der Waals surface area contributed by atoms with Gasteiger partial charge in [0.25, 0.3) is 0 Å². The summed E-state index contributed by atoms with van der Waals surface area (Å²) in [5.74, 6) is -2.63. The Bertz CT molecular complexity index is 1170. The van der Waals surface area contributed by atoms with Gasteiger partial charge in [0.2, 0.25) is 5.78 Å². The summed E-state index contributed by atoms with van der Waals surface area (Å²) in [6, 6.07) is 3.11. The SMILES string of the molecule is CCN1c2c(ccc(O)c2C(=O)c2c(Cl)c(Cl)c(Cl)c(Cl)c2C(=O)O)C(C)=CC1(C)C. The van der Waals surface area contributed by atoms with Crippen LogP contribution in [0.1, 0.15) is 59.5 Å². The van der Waals surface area contributed by atoms with Crippen LogP contribution >= 0.6 is 46.4 Å². The minimum absolute atomic E-state index is 0.0845. The van der Waals surface area contributed by atoms with Gasteiger partial charge in [0.05, 0.1) is 48.0 Å². The van der Waals surface area contributed by atoms with Gasteiger partial charge in [-0.25, -0.2) is 4.79 Å². The van der Waals surface area contributed by atoms with Crippen LogP contribution in [0.2, 0.25) is 20.1 Å². The monoisotopic (exact) mass is 501 g/mol. The fourth-order valence-corrected chi connectivity index (χ4v) is 5.13. The Balaban J connectivity index is 2.43. The summed E-state index contributed by atoms with van der Waals surface area (Å²) in [6.45, 7) is 8.31. The molecule has 0 amide bonds. The molecule has 0 aromatic heterocycles. The number of anilines is 1. The molecule has 0 saturated carbocycles. The molecule has 0 saturated heterocycles. The molecule has 0 spiro atoms. The van der Waals surface area contributed by atoms with Crippen molar-refractivity contribution in [3.8, 4) is 5.75 Å². The molecule has 164 valence electrons. The number of allylic oxidation sites excluding steroid dienone is 1. The molecular formula is C22H19Cl4NO4. The van der Waals surface area contributed by atoms with Crippen LogP contribution in [0.4, 0.5) is 5.69 Å². The maximum atomic E-state index is 13.8. The van der Waals surface area contributed by atoms with Crippen LogP contribution in [-0.2, 0) is 0 Å². The smallest absolute Gasteiger partial charge is 0.338 e. The molecule has 2 aromatic rings. The van der Waals surface area contributed by atoms with Crippen molar-refractivity contribution in [2.45, 2.75) is 33.2 Å². The Morgan fingerprint density at radius 3 is 2.03 bits per heavy atom. The summed E-state index contributed by atoms with van der Waals surface area (Å²) in [5.41, 5.74) is 0.568. The normalized spacial score (nSPS) is 14.8. The van der Waals surface area contributed by atoms with E-state index in [1.165, 1.54) is 6.07 Å². The lowest BCUT2D eigenvalue weighted by atomic mass is 9.84. The van der Waals surface area contributed by atoms with Crippen LogP contribution in [0, 0.1) is 0 Å². The van der Waals surface area contributed by atoms with Crippen molar-refractivity contribution >= 4 is 69.4 Å². The van der Waals surface area contributed by atoms with E-state index in [9.17, 15) is 19.8 Å². The second kappa shape index (κ2) is 8.21. The number of fused-ring (bicyclic) bond motifs is 1. The Labute approximate surface area is 199 Å². The largest absolute Gasteiger partial charge is 0.507 e. The van der Waals surface area contributed by atoms with Crippen molar-refractivity contribution in [1.82, 2.24) is 0 Å². The highest BCUT2D eigenvalue weighted by Crippen LogP contribution is 2.47. The number of hydrogen-bond donors (Lipinski definition) is 2. The van der Waals surface area contributed by atoms with Crippen molar-refractivity contribution in [2.24, 2.45) is 0 Å². The first kappa shape index (κ1) is 23.7. The molecule has 1 aliphatic rings. The quantitative estimate of drug-likeness (QED) is 0.268. The number of carbonyl (C=O) groups excluding carboxylic acids is 1. The summed E-state index contributed by atoms with van der Waals surface area (Å²) in [6.07, 6.45) is 2.07. The fourth-order valence-electron chi connectivity index (χ4n) is 4.11. The standard InChI is InChI=1S/C22H19Cl4NO4/c1-5-27-19-10(9(2)8-22(27,3)4)6-7-11(28)12(19)20(29)13-14(21(30)31)16(24)18(26)17(25)15(13)23/h6-8,28H,5H2,1-4H3,(H,30,31). The van der Waals surface area contributed by atoms with Crippen molar-refractivity contribution < 1.29 is 19.8 Å². The molecule has 0 atom stereocenters. The molecule has 1 aliphatic heterocycles. The second-order valence-electron chi connectivity index (χ2n) is 7.72. The first-order valence-electron chi connectivity index (χ1n) is 9.32. The van der Waals surface area contributed by atoms with Crippen LogP contribution in [-0.4, -0.2) is 34.0 Å². The number of aromatic carboxylic acids is 1. The van der Waals surface area contributed by atoms with E-state index in [0.29, 0.717) is 12.2 Å². The Hall–Kier alpha value is -1.92. The number of aromatic hydroxyl groups is 1. The van der Waals surface area contributed by atoms with Crippen LogP contribution in [0.25, 0.3) is 5.57 Å². The van der Waals surface area contributed by atoms with Gasteiger partial charge >= 0.3 is 5.97 Å². The van der Waals surface area contributed by atoms with Crippen molar-refractivity contribution in [2.75, 3.05) is 11.4 Å². The summed E-state index contributed by atoms with van der Waals surface area (Å²) in [5, 5.41) is 19.2. The fraction of sp³-hybridized carbons (Fsp3) is 0.273. The lowest BCUT2D eigenvalue weighted by Gasteiger charge is -2.43. The highest BCUT2D eigenvalue weighted by Gasteiger charge is 2.37. The van der Waals surface area contributed by atoms with E-state index in [0.717, 1.165) is 11.1 Å². The number of ketones is 1. The summed E-state index contributed by atoms with van der Waals surface area (Å²) in [7, 11) is 0. The third kappa shape index (κ3) is 3.68. The van der Waals surface area contributed by atoms with Gasteiger partial charge in [0.1, 0.15) is 5.75 Å². The summed E-state index contributed by atoms with van der Waals surface area (Å²) < 4.78 is 0. The van der Waals surface area contributed by atoms with Crippen molar-refractivity contribution in [3.05, 3.63) is 60.6 Å². The van der Waals surface area contributed by atoms with E-state index >= 15 is 0 Å². The number of benzene rings is 2. The third-order valence-corrected chi connectivity index (χ3v) is 7.17. The zero-order chi connectivity index (χ0) is 23.4. The number of halogens is 4. The van der Waals surface area contributed by atoms with Gasteiger partial charge in [-0.2, -0.15) is 0 Å². The number of phenols is 1. The minimum atomic E-state index is -1.50. The maximum Gasteiger partial charge on any atom is 0.338 e. The van der Waals surface area contributed by atoms with Gasteiger partial charge in [-0.15, -0.1) is 0 Å². The lowest BCUT2D eigenvalue weighted by molar-refractivity contribution is 0.0693. The number of carbonyl (C=O) groups is 2. The van der Waals surface area contributed by atoms with Gasteiger partial charge in [0.15, 0.2) is 0 Å². The highest BCUT2D eigenvalue weighted by atomic mass is 35.5. The molecular weight excluding hydrogens is 484 g/mol. The molecule has 5 nitrogen and oxygen atoms in total. The van der Waals surface area contributed by atoms with Crippen LogP contribution in [0.3, 0.4) is 0 Å². The molecule has 2 aromatic carbocycles. The van der Waals surface area contributed by atoms with Gasteiger partial charge < -0.3 is 15.1 Å². The predicted molar refractivity (Wildman–Crippen MR) is 126 cm³/mol. The van der Waals surface area contributed by atoms with Crippen LogP contribution in [0.15, 0.2) is 18.2 Å². The molecule has 0 radical (unpaired) electrons. The highest BCUT2D eigenvalue weighted by molar-refractivity contribution is 6.54. The number of carboxylic acids is 1. The first-order valence-corrected chi connectivity index (χ1v) is 10.8. The van der Waals surface area contributed by atoms with Gasteiger partial charge in [-0.1, -0.05) is 52.5 Å². The minimum Gasteiger partial charge on any atom is -0.507 e. The number of nitrogens with zero attached hydrogens (tertiary/aromatic N) is 1. The average Bonchev–Trinajstić information content (AvgIpc) is 2.67. The molecule has 0 fully saturated rings. The molecule has 0 aliphatic carbocycles. The first-order chi connectivity index (χ1) is 14.3. The Morgan fingerprint density at radius 2 is 1.52 bits per heavy atom. The van der Waals surface area contributed by atoms with Gasteiger partial charge in [-0.3, -0.25) is 4.79 Å². The predicted octanol–water partition coefficient (Wildman–Crippen LogP) is 6.96. The molecule has 2 N–H and O–H groups in total. The number of phenolic OH excluding ortho intramolecular Hbond substituents is 1. The molecule has 0 unspecified atom stereocenters. The number of rotatable bonds is 4. The van der Waals surface area contributed by atoms with Crippen molar-refractivity contribution in [3.63, 3.8) is 0 Å². The Kier molecular flexibility index (Phi) is 6.29. The molecule has 9 heteroatoms. The van der Waals surface area contributed by atoms with E-state index in [2.05, 4.69) is 6.08 Å². The van der Waals surface area contributed by atoms with Gasteiger partial charge in [-0.05, 0) is 45.4 Å². The summed E-state index contributed by atoms with van der Waals surface area (Å²) in [4.78, 5) is 27.7.